The molecule has 3 heteroatoms. The standard InChI is InChI=1S/C12H12N3/c1-2-4-11(5-3-1)8-14-10-12-9-13-6-7-15-12/h1-5,7,9,14H,8,10H2. The van der Waals surface area contributed by atoms with Crippen LogP contribution in [-0.4, -0.2) is 9.97 Å². The third kappa shape index (κ3) is 3.14. The third-order valence-electron chi connectivity index (χ3n) is 2.05. The van der Waals surface area contributed by atoms with Gasteiger partial charge in [-0.1, -0.05) is 30.3 Å². The van der Waals surface area contributed by atoms with Gasteiger partial charge in [-0.15, -0.1) is 0 Å². The van der Waals surface area contributed by atoms with Crippen LogP contribution in [0.25, 0.3) is 0 Å². The first-order chi connectivity index (χ1) is 7.45. The van der Waals surface area contributed by atoms with Crippen LogP contribution in [0, 0.1) is 6.20 Å². The fourth-order valence-corrected chi connectivity index (χ4v) is 1.31. The largest absolute Gasteiger partial charge is 0.307 e. The zero-order chi connectivity index (χ0) is 10.3. The van der Waals surface area contributed by atoms with E-state index in [0.29, 0.717) is 0 Å². The van der Waals surface area contributed by atoms with E-state index >= 15 is 0 Å². The number of hydrogen-bond donors (Lipinski definition) is 1. The molecule has 2 rings (SSSR count). The van der Waals surface area contributed by atoms with Gasteiger partial charge in [0.2, 0.25) is 0 Å². The molecule has 0 aliphatic rings. The molecule has 75 valence electrons. The monoisotopic (exact) mass is 198 g/mol. The van der Waals surface area contributed by atoms with Crippen molar-refractivity contribution in [1.82, 2.24) is 15.3 Å². The van der Waals surface area contributed by atoms with Gasteiger partial charge in [0.05, 0.1) is 18.1 Å². The first-order valence-electron chi connectivity index (χ1n) is 4.87. The Hall–Kier alpha value is -1.74. The summed E-state index contributed by atoms with van der Waals surface area (Å²) in [6.07, 6.45) is 5.96. The molecule has 3 nitrogen and oxygen atoms in total. The number of benzene rings is 1. The van der Waals surface area contributed by atoms with Crippen LogP contribution < -0.4 is 5.32 Å². The molecule has 1 aromatic heterocycles. The van der Waals surface area contributed by atoms with Gasteiger partial charge in [0.25, 0.3) is 0 Å². The highest BCUT2D eigenvalue weighted by Gasteiger charge is 1.93. The topological polar surface area (TPSA) is 37.8 Å². The Morgan fingerprint density at radius 3 is 2.73 bits per heavy atom. The number of nitrogens with zero attached hydrogens (tertiary/aromatic N) is 2. The van der Waals surface area contributed by atoms with Gasteiger partial charge in [0.1, 0.15) is 6.20 Å². The fraction of sp³-hybridized carbons (Fsp3) is 0.167. The summed E-state index contributed by atoms with van der Waals surface area (Å²) in [5.41, 5.74) is 2.21. The minimum absolute atomic E-state index is 0.733. The normalized spacial score (nSPS) is 10.1. The molecule has 0 saturated heterocycles. The van der Waals surface area contributed by atoms with Crippen molar-refractivity contribution < 1.29 is 0 Å². The third-order valence-corrected chi connectivity index (χ3v) is 2.05. The highest BCUT2D eigenvalue weighted by atomic mass is 14.9. The van der Waals surface area contributed by atoms with Gasteiger partial charge in [-0.2, -0.15) is 0 Å². The zero-order valence-electron chi connectivity index (χ0n) is 8.35. The molecule has 15 heavy (non-hydrogen) atoms. The Balaban J connectivity index is 1.81. The Bertz CT molecular complexity index is 347. The van der Waals surface area contributed by atoms with Crippen molar-refractivity contribution in [2.75, 3.05) is 0 Å². The van der Waals surface area contributed by atoms with Crippen LogP contribution in [0.15, 0.2) is 42.7 Å². The van der Waals surface area contributed by atoms with E-state index in [1.54, 1.807) is 12.4 Å². The second-order valence-corrected chi connectivity index (χ2v) is 3.23. The Morgan fingerprint density at radius 1 is 1.13 bits per heavy atom. The minimum atomic E-state index is 0.733. The van der Waals surface area contributed by atoms with Crippen molar-refractivity contribution >= 4 is 0 Å². The summed E-state index contributed by atoms with van der Waals surface area (Å²) < 4.78 is 0. The molecule has 0 fully saturated rings. The van der Waals surface area contributed by atoms with E-state index in [-0.39, 0.29) is 0 Å². The van der Waals surface area contributed by atoms with Gasteiger partial charge in [-0.3, -0.25) is 9.97 Å². The molecule has 0 aliphatic carbocycles. The number of hydrogen-bond acceptors (Lipinski definition) is 3. The van der Waals surface area contributed by atoms with Gasteiger partial charge >= 0.3 is 0 Å². The molecule has 1 N–H and O–H groups in total. The first kappa shape index (κ1) is 9.80. The lowest BCUT2D eigenvalue weighted by Crippen LogP contribution is -2.13. The van der Waals surface area contributed by atoms with Crippen molar-refractivity contribution in [2.24, 2.45) is 0 Å². The molecular weight excluding hydrogens is 186 g/mol. The van der Waals surface area contributed by atoms with Crippen LogP contribution in [0.4, 0.5) is 0 Å². The van der Waals surface area contributed by atoms with Crippen molar-refractivity contribution in [2.45, 2.75) is 13.1 Å². The van der Waals surface area contributed by atoms with Crippen LogP contribution in [0.5, 0.6) is 0 Å². The van der Waals surface area contributed by atoms with E-state index in [2.05, 4.69) is 33.6 Å². The molecule has 0 atom stereocenters. The highest BCUT2D eigenvalue weighted by molar-refractivity contribution is 5.14. The Morgan fingerprint density at radius 2 is 2.00 bits per heavy atom. The van der Waals surface area contributed by atoms with Gasteiger partial charge in [-0.05, 0) is 5.56 Å². The lowest BCUT2D eigenvalue weighted by atomic mass is 10.2. The fourth-order valence-electron chi connectivity index (χ4n) is 1.31. The maximum atomic E-state index is 4.13. The van der Waals surface area contributed by atoms with Crippen LogP contribution in [0.2, 0.25) is 0 Å². The smallest absolute Gasteiger partial charge is 0.108 e. The molecule has 0 spiro atoms. The molecule has 0 saturated carbocycles. The van der Waals surface area contributed by atoms with Crippen molar-refractivity contribution in [1.29, 1.82) is 0 Å². The van der Waals surface area contributed by atoms with E-state index < -0.39 is 0 Å². The Labute approximate surface area is 89.2 Å². The van der Waals surface area contributed by atoms with E-state index in [1.807, 2.05) is 18.2 Å². The summed E-state index contributed by atoms with van der Waals surface area (Å²) >= 11 is 0. The summed E-state index contributed by atoms with van der Waals surface area (Å²) in [7, 11) is 0. The quantitative estimate of drug-likeness (QED) is 0.810. The molecule has 0 amide bonds. The lowest BCUT2D eigenvalue weighted by Gasteiger charge is -2.03. The maximum absolute atomic E-state index is 4.13. The SMILES string of the molecule is [c]1cnc(CNCc2ccccc2)cn1. The first-order valence-corrected chi connectivity index (χ1v) is 4.87. The molecule has 0 unspecified atom stereocenters. The predicted octanol–water partition coefficient (Wildman–Crippen LogP) is 1.57. The summed E-state index contributed by atoms with van der Waals surface area (Å²) in [6.45, 7) is 1.58. The average molecular weight is 198 g/mol. The predicted molar refractivity (Wildman–Crippen MR) is 57.9 cm³/mol. The van der Waals surface area contributed by atoms with Crippen LogP contribution >= 0.6 is 0 Å². The van der Waals surface area contributed by atoms with Gasteiger partial charge in [0, 0.05) is 13.1 Å². The number of nitrogens with one attached hydrogen (secondary N) is 1. The molecule has 0 bridgehead atoms. The summed E-state index contributed by atoms with van der Waals surface area (Å²) in [5.74, 6) is 0. The van der Waals surface area contributed by atoms with Crippen molar-refractivity contribution in [3.05, 3.63) is 60.2 Å². The lowest BCUT2D eigenvalue weighted by molar-refractivity contribution is 0.676. The maximum Gasteiger partial charge on any atom is 0.108 e. The van der Waals surface area contributed by atoms with Crippen LogP contribution in [0.1, 0.15) is 11.3 Å². The van der Waals surface area contributed by atoms with Crippen molar-refractivity contribution in [3.63, 3.8) is 0 Å². The molecule has 1 heterocycles. The van der Waals surface area contributed by atoms with E-state index in [9.17, 15) is 0 Å². The average Bonchev–Trinajstić information content (AvgIpc) is 2.32. The number of rotatable bonds is 4. The summed E-state index contributed by atoms with van der Waals surface area (Å²) in [4.78, 5) is 8.01. The second-order valence-electron chi connectivity index (χ2n) is 3.23. The van der Waals surface area contributed by atoms with Crippen LogP contribution in [-0.2, 0) is 13.1 Å². The summed E-state index contributed by atoms with van der Waals surface area (Å²) in [5, 5.41) is 3.30. The van der Waals surface area contributed by atoms with Gasteiger partial charge in [0.15, 0.2) is 0 Å². The molecule has 0 aliphatic heterocycles. The van der Waals surface area contributed by atoms with Gasteiger partial charge < -0.3 is 5.32 Å². The molecule has 1 radical (unpaired) electrons. The van der Waals surface area contributed by atoms with Gasteiger partial charge in [-0.25, -0.2) is 0 Å². The molecule has 1 aromatic carbocycles. The van der Waals surface area contributed by atoms with E-state index in [0.717, 1.165) is 18.8 Å². The van der Waals surface area contributed by atoms with E-state index in [1.165, 1.54) is 5.56 Å². The summed E-state index contributed by atoms with van der Waals surface area (Å²) in [6, 6.07) is 10.3. The molecular formula is C12H12N3. The number of aromatic nitrogens is 2. The Kier molecular flexibility index (Phi) is 3.41. The van der Waals surface area contributed by atoms with Crippen molar-refractivity contribution in [3.8, 4) is 0 Å². The molecule has 2 aromatic rings. The van der Waals surface area contributed by atoms with Crippen LogP contribution in [0.3, 0.4) is 0 Å². The second kappa shape index (κ2) is 5.22. The minimum Gasteiger partial charge on any atom is -0.307 e. The van der Waals surface area contributed by atoms with E-state index in [4.69, 9.17) is 0 Å². The highest BCUT2D eigenvalue weighted by Crippen LogP contribution is 1.98. The zero-order valence-corrected chi connectivity index (χ0v) is 8.35.